The number of unbranched alkanes of at least 4 members (excludes halogenated alkanes) is 3. The fraction of sp³-hybridized carbons (Fsp3) is 0.491. The third-order valence-corrected chi connectivity index (χ3v) is 13.7. The number of likely N-dealkylation sites (tertiary alicyclic amines) is 1. The Hall–Kier alpha value is -7.31. The van der Waals surface area contributed by atoms with Crippen molar-refractivity contribution < 1.29 is 43.1 Å². The second-order valence-corrected chi connectivity index (χ2v) is 20.1. The summed E-state index contributed by atoms with van der Waals surface area (Å²) in [5.74, 6) is -3.18. The van der Waals surface area contributed by atoms with E-state index >= 15 is 0 Å². The SMILES string of the molecule is CN1C(=O)CCC(n2c(=O)[nH]c3cc(CCCCCCC(=O)N4CC[C@H]5CC[C@@H](C(=O)N[C@@H](CCC(N)=O)C(=O)NC(c6ccccc6)c6ccccc6)N5C(=O)[C@@H](NC(=O)OC(C)(C)C)C4)ccc32)C1=O. The van der Waals surface area contributed by atoms with Crippen molar-refractivity contribution in [2.24, 2.45) is 5.73 Å². The predicted molar refractivity (Wildman–Crippen MR) is 267 cm³/mol. The Morgan fingerprint density at radius 2 is 1.49 bits per heavy atom. The first kappa shape index (κ1) is 52.5. The fourth-order valence-corrected chi connectivity index (χ4v) is 10.0. The number of primary amides is 1. The lowest BCUT2D eigenvalue weighted by atomic mass is 9.98. The highest BCUT2D eigenvalue weighted by molar-refractivity contribution is 6.00. The van der Waals surface area contributed by atoms with Gasteiger partial charge < -0.3 is 41.2 Å². The summed E-state index contributed by atoms with van der Waals surface area (Å²) in [5.41, 5.74) is 8.06. The maximum atomic E-state index is 14.7. The van der Waals surface area contributed by atoms with Crippen molar-refractivity contribution in [1.29, 1.82) is 0 Å². The number of piperidine rings is 1. The Balaban J connectivity index is 0.969. The number of nitrogens with one attached hydrogen (secondary N) is 4. The lowest BCUT2D eigenvalue weighted by Crippen LogP contribution is -2.62. The Morgan fingerprint density at radius 1 is 0.806 bits per heavy atom. The molecule has 0 spiro atoms. The quantitative estimate of drug-likeness (QED) is 0.0699. The molecule has 1 aromatic heterocycles. The van der Waals surface area contributed by atoms with Crippen molar-refractivity contribution in [3.63, 3.8) is 0 Å². The van der Waals surface area contributed by atoms with Crippen LogP contribution in [0.1, 0.15) is 127 Å². The summed E-state index contributed by atoms with van der Waals surface area (Å²) < 4.78 is 6.97. The summed E-state index contributed by atoms with van der Waals surface area (Å²) in [6.07, 6.45) is 4.34. The van der Waals surface area contributed by atoms with Crippen LogP contribution in [0.15, 0.2) is 83.7 Å². The van der Waals surface area contributed by atoms with E-state index in [1.165, 1.54) is 16.5 Å². The number of carbonyl (C=O) groups excluding carboxylic acids is 8. The maximum Gasteiger partial charge on any atom is 0.408 e. The van der Waals surface area contributed by atoms with Crippen LogP contribution in [-0.2, 0) is 44.7 Å². The van der Waals surface area contributed by atoms with Gasteiger partial charge in [0.25, 0.3) is 5.91 Å². The van der Waals surface area contributed by atoms with Crippen molar-refractivity contribution >= 4 is 58.5 Å². The predicted octanol–water partition coefficient (Wildman–Crippen LogP) is 4.28. The van der Waals surface area contributed by atoms with Gasteiger partial charge in [0.2, 0.25) is 35.4 Å². The summed E-state index contributed by atoms with van der Waals surface area (Å²) in [4.78, 5) is 127. The highest BCUT2D eigenvalue weighted by Gasteiger charge is 2.46. The van der Waals surface area contributed by atoms with Crippen LogP contribution in [-0.4, -0.2) is 122 Å². The molecule has 6 N–H and O–H groups in total. The number of nitrogens with zero attached hydrogens (tertiary/aromatic N) is 4. The number of aryl methyl sites for hydroxylation is 1. The van der Waals surface area contributed by atoms with E-state index < -0.39 is 83.2 Å². The second kappa shape index (κ2) is 23.3. The van der Waals surface area contributed by atoms with Gasteiger partial charge in [0.05, 0.1) is 23.6 Å². The summed E-state index contributed by atoms with van der Waals surface area (Å²) in [5, 5.41) is 8.58. The molecule has 19 nitrogen and oxygen atoms in total. The molecule has 3 aliphatic heterocycles. The highest BCUT2D eigenvalue weighted by Crippen LogP contribution is 2.31. The Bertz CT molecular complexity index is 2660. The van der Waals surface area contributed by atoms with Crippen molar-refractivity contribution in [2.75, 3.05) is 20.1 Å². The smallest absolute Gasteiger partial charge is 0.408 e. The molecule has 0 radical (unpaired) electrons. The number of alkyl carbamates (subject to hydrolysis) is 1. The van der Waals surface area contributed by atoms with E-state index in [-0.39, 0.29) is 63.4 Å². The number of nitrogens with two attached hydrogens (primary N) is 1. The zero-order chi connectivity index (χ0) is 51.7. The van der Waals surface area contributed by atoms with Gasteiger partial charge >= 0.3 is 11.8 Å². The van der Waals surface area contributed by atoms with Gasteiger partial charge in [-0.25, -0.2) is 9.59 Å². The number of H-pyrrole nitrogens is 1. The Morgan fingerprint density at radius 3 is 2.15 bits per heavy atom. The van der Waals surface area contributed by atoms with E-state index in [2.05, 4.69) is 20.9 Å². The molecular weight excluding hydrogens is 923 g/mol. The molecule has 72 heavy (non-hydrogen) atoms. The van der Waals surface area contributed by atoms with Crippen LogP contribution in [0.2, 0.25) is 0 Å². The molecule has 1 unspecified atom stereocenters. The van der Waals surface area contributed by atoms with E-state index in [1.54, 1.807) is 25.7 Å². The molecule has 19 heteroatoms. The summed E-state index contributed by atoms with van der Waals surface area (Å²) in [6, 6.07) is 19.1. The number of hydrogen-bond donors (Lipinski definition) is 5. The van der Waals surface area contributed by atoms with Gasteiger partial charge in [-0.15, -0.1) is 0 Å². The minimum Gasteiger partial charge on any atom is -0.444 e. The van der Waals surface area contributed by atoms with Crippen molar-refractivity contribution in [3.05, 3.63) is 106 Å². The third-order valence-electron chi connectivity index (χ3n) is 13.7. The van der Waals surface area contributed by atoms with Crippen LogP contribution in [0, 0.1) is 0 Å². The molecule has 7 rings (SSSR count). The molecule has 0 aliphatic carbocycles. The molecular formula is C53H67N9O10. The van der Waals surface area contributed by atoms with Gasteiger partial charge in [0.15, 0.2) is 0 Å². The number of rotatable bonds is 18. The monoisotopic (exact) mass is 990 g/mol. The van der Waals surface area contributed by atoms with Crippen LogP contribution >= 0.6 is 0 Å². The Labute approximate surface area is 418 Å². The van der Waals surface area contributed by atoms with Crippen LogP contribution in [0.5, 0.6) is 0 Å². The topological polar surface area (TPSA) is 255 Å². The van der Waals surface area contributed by atoms with E-state index in [4.69, 9.17) is 10.5 Å². The molecule has 3 aromatic carbocycles. The van der Waals surface area contributed by atoms with Crippen LogP contribution in [0.25, 0.3) is 11.0 Å². The Kier molecular flexibility index (Phi) is 17.0. The number of fused-ring (bicyclic) bond motifs is 2. The zero-order valence-corrected chi connectivity index (χ0v) is 41.5. The van der Waals surface area contributed by atoms with Gasteiger partial charge in [-0.3, -0.25) is 43.0 Å². The van der Waals surface area contributed by atoms with Gasteiger partial charge in [-0.1, -0.05) is 79.6 Å². The number of amides is 8. The van der Waals surface area contributed by atoms with Gasteiger partial charge in [0.1, 0.15) is 29.8 Å². The van der Waals surface area contributed by atoms with Crippen molar-refractivity contribution in [3.8, 4) is 0 Å². The fourth-order valence-electron chi connectivity index (χ4n) is 10.0. The second-order valence-electron chi connectivity index (χ2n) is 20.1. The van der Waals surface area contributed by atoms with E-state index in [0.29, 0.717) is 30.3 Å². The number of aromatic amines is 1. The third kappa shape index (κ3) is 13.0. The number of likely N-dealkylation sites (N-methyl/N-ethyl adjacent to an activating group) is 1. The van der Waals surface area contributed by atoms with E-state index in [0.717, 1.165) is 47.3 Å². The largest absolute Gasteiger partial charge is 0.444 e. The van der Waals surface area contributed by atoms with Crippen molar-refractivity contribution in [1.82, 2.24) is 40.2 Å². The minimum atomic E-state index is -1.25. The molecule has 5 atom stereocenters. The number of hydrogen-bond acceptors (Lipinski definition) is 10. The molecule has 4 heterocycles. The lowest BCUT2D eigenvalue weighted by molar-refractivity contribution is -0.149. The molecule has 3 saturated heterocycles. The summed E-state index contributed by atoms with van der Waals surface area (Å²) in [6.45, 7) is 5.20. The molecule has 3 aliphatic rings. The minimum absolute atomic E-state index is 0.0859. The maximum absolute atomic E-state index is 14.7. The van der Waals surface area contributed by atoms with Crippen LogP contribution in [0.4, 0.5) is 4.79 Å². The zero-order valence-electron chi connectivity index (χ0n) is 41.5. The normalized spacial score (nSPS) is 19.9. The van der Waals surface area contributed by atoms with Crippen molar-refractivity contribution in [2.45, 2.75) is 146 Å². The first-order valence-electron chi connectivity index (χ1n) is 25.0. The average molecular weight is 990 g/mol. The number of imidazole rings is 1. The van der Waals surface area contributed by atoms with Gasteiger partial charge in [-0.05, 0) is 101 Å². The highest BCUT2D eigenvalue weighted by atomic mass is 16.6. The molecule has 0 saturated carbocycles. The standard InChI is InChI=1S/C53H67N9O10/c1-53(2,3)72-52(71)57-39-32-60(45(65)20-14-6-5-9-15-33-21-24-40-38(31-33)56-51(70)62(40)42-26-28-44(64)59(4)50(42)69)30-29-36-22-25-41(61(36)49(39)68)48(67)55-37(23-27-43(54)63)47(66)58-46(34-16-10-7-11-17-34)35-18-12-8-13-19-35/h7-8,10-13,16-19,21,24,31,36-37,39,41-42,46H,5-6,9,14-15,20,22-23,25-30,32H2,1-4H3,(H2,54,63)(H,55,67)(H,56,70)(H,57,71)(H,58,66)/t36-,37+,39+,41+,42?/m1/s1. The molecule has 384 valence electrons. The van der Waals surface area contributed by atoms with Crippen LogP contribution < -0.4 is 27.4 Å². The molecule has 3 fully saturated rings. The molecule has 4 aromatic rings. The number of benzene rings is 3. The number of ether oxygens (including phenoxy) is 1. The van der Waals surface area contributed by atoms with Gasteiger partial charge in [-0.2, -0.15) is 0 Å². The molecule has 0 bridgehead atoms. The molecule has 8 amide bonds. The number of imide groups is 1. The number of carbonyl (C=O) groups is 8. The summed E-state index contributed by atoms with van der Waals surface area (Å²) in [7, 11) is 1.43. The lowest BCUT2D eigenvalue weighted by Gasteiger charge is -2.39. The van der Waals surface area contributed by atoms with Crippen LogP contribution in [0.3, 0.4) is 0 Å². The first-order chi connectivity index (χ1) is 34.4. The van der Waals surface area contributed by atoms with Gasteiger partial charge in [0, 0.05) is 38.9 Å². The number of aromatic nitrogens is 2. The summed E-state index contributed by atoms with van der Waals surface area (Å²) >= 11 is 0. The average Bonchev–Trinajstić information content (AvgIpc) is 3.92. The first-order valence-corrected chi connectivity index (χ1v) is 25.0. The van der Waals surface area contributed by atoms with E-state index in [9.17, 15) is 43.2 Å². The van der Waals surface area contributed by atoms with E-state index in [1.807, 2.05) is 78.9 Å².